The second-order valence-electron chi connectivity index (χ2n) is 2.99. The molecule has 0 aliphatic heterocycles. The van der Waals surface area contributed by atoms with E-state index in [2.05, 4.69) is 11.8 Å². The van der Waals surface area contributed by atoms with Crippen LogP contribution in [0.2, 0.25) is 0 Å². The normalized spacial score (nSPS) is 11.6. The predicted octanol–water partition coefficient (Wildman–Crippen LogP) is 1.65. The minimum atomic E-state index is -0.606. The summed E-state index contributed by atoms with van der Waals surface area (Å²) >= 11 is 5.39. The van der Waals surface area contributed by atoms with E-state index in [1.807, 2.05) is 30.3 Å². The summed E-state index contributed by atoms with van der Waals surface area (Å²) in [4.78, 5) is 0. The van der Waals surface area contributed by atoms with Crippen LogP contribution in [0.4, 0.5) is 0 Å². The number of halogens is 1. The lowest BCUT2D eigenvalue weighted by atomic mass is 10.2. The van der Waals surface area contributed by atoms with Crippen LogP contribution in [0.3, 0.4) is 0 Å². The summed E-state index contributed by atoms with van der Waals surface area (Å²) < 4.78 is 5.10. The van der Waals surface area contributed by atoms with Crippen LogP contribution in [-0.4, -0.2) is 30.3 Å². The van der Waals surface area contributed by atoms with Crippen LogP contribution in [0.15, 0.2) is 30.3 Å². The quantitative estimate of drug-likeness (QED) is 0.479. The van der Waals surface area contributed by atoms with Gasteiger partial charge in [0.1, 0.15) is 6.61 Å². The van der Waals surface area contributed by atoms with Crippen molar-refractivity contribution >= 4 is 11.6 Å². The fourth-order valence-corrected chi connectivity index (χ4v) is 1.04. The molecule has 1 rings (SSSR count). The molecule has 1 aromatic rings. The zero-order valence-electron chi connectivity index (χ0n) is 8.32. The zero-order chi connectivity index (χ0) is 10.9. The molecule has 3 heteroatoms. The highest BCUT2D eigenvalue weighted by Gasteiger charge is 1.99. The van der Waals surface area contributed by atoms with Gasteiger partial charge in [0.05, 0.1) is 18.6 Å². The van der Waals surface area contributed by atoms with Crippen LogP contribution in [0.25, 0.3) is 0 Å². The van der Waals surface area contributed by atoms with Crippen LogP contribution in [0.1, 0.15) is 5.56 Å². The van der Waals surface area contributed by atoms with Crippen molar-refractivity contribution in [3.8, 4) is 11.8 Å². The Bertz CT molecular complexity index is 326. The van der Waals surface area contributed by atoms with Crippen LogP contribution in [-0.2, 0) is 4.74 Å². The Morgan fingerprint density at radius 1 is 1.33 bits per heavy atom. The average Bonchev–Trinajstić information content (AvgIpc) is 2.29. The van der Waals surface area contributed by atoms with E-state index < -0.39 is 6.10 Å². The highest BCUT2D eigenvalue weighted by molar-refractivity contribution is 6.18. The summed E-state index contributed by atoms with van der Waals surface area (Å²) in [5, 5.41) is 9.07. The molecule has 0 aliphatic rings. The third-order valence-electron chi connectivity index (χ3n) is 1.67. The fourth-order valence-electron chi connectivity index (χ4n) is 0.950. The van der Waals surface area contributed by atoms with Crippen molar-refractivity contribution < 1.29 is 9.84 Å². The summed E-state index contributed by atoms with van der Waals surface area (Å²) in [6.45, 7) is 0.538. The van der Waals surface area contributed by atoms with E-state index in [0.717, 1.165) is 5.56 Å². The standard InChI is InChI=1S/C12H13ClO2/c13-9-12(14)10-15-8-4-7-11-5-2-1-3-6-11/h1-3,5-6,12,14H,8-10H2/t12-/m0/s1. The number of rotatable bonds is 4. The molecule has 0 saturated heterocycles. The second-order valence-corrected chi connectivity index (χ2v) is 3.30. The number of aliphatic hydroxyl groups is 1. The van der Waals surface area contributed by atoms with Crippen LogP contribution in [0, 0.1) is 11.8 Å². The van der Waals surface area contributed by atoms with Gasteiger partial charge in [0.15, 0.2) is 0 Å². The molecule has 0 heterocycles. The molecule has 0 bridgehead atoms. The van der Waals surface area contributed by atoms with E-state index >= 15 is 0 Å². The molecule has 0 fully saturated rings. The Morgan fingerprint density at radius 3 is 2.73 bits per heavy atom. The van der Waals surface area contributed by atoms with Gasteiger partial charge in [-0.1, -0.05) is 30.0 Å². The molecule has 0 radical (unpaired) electrons. The van der Waals surface area contributed by atoms with E-state index in [9.17, 15) is 0 Å². The minimum absolute atomic E-state index is 0.187. The van der Waals surface area contributed by atoms with E-state index in [1.54, 1.807) is 0 Å². The van der Waals surface area contributed by atoms with Crippen molar-refractivity contribution in [2.45, 2.75) is 6.10 Å². The Labute approximate surface area is 94.8 Å². The average molecular weight is 225 g/mol. The second kappa shape index (κ2) is 7.30. The molecule has 1 aromatic carbocycles. The van der Waals surface area contributed by atoms with Crippen molar-refractivity contribution in [2.24, 2.45) is 0 Å². The first kappa shape index (κ1) is 12.1. The number of benzene rings is 1. The molecule has 0 unspecified atom stereocenters. The summed E-state index contributed by atoms with van der Waals surface area (Å²) in [6, 6.07) is 9.67. The predicted molar refractivity (Wildman–Crippen MR) is 60.9 cm³/mol. The van der Waals surface area contributed by atoms with Gasteiger partial charge in [-0.05, 0) is 12.1 Å². The molecule has 1 atom stereocenters. The van der Waals surface area contributed by atoms with E-state index in [-0.39, 0.29) is 12.5 Å². The first-order valence-corrected chi connectivity index (χ1v) is 5.22. The van der Waals surface area contributed by atoms with Crippen molar-refractivity contribution in [3.63, 3.8) is 0 Å². The Morgan fingerprint density at radius 2 is 2.07 bits per heavy atom. The van der Waals surface area contributed by atoms with Crippen LogP contribution in [0.5, 0.6) is 0 Å². The molecule has 15 heavy (non-hydrogen) atoms. The van der Waals surface area contributed by atoms with E-state index in [4.69, 9.17) is 21.4 Å². The molecule has 0 spiro atoms. The number of alkyl halides is 1. The van der Waals surface area contributed by atoms with Gasteiger partial charge in [0.25, 0.3) is 0 Å². The molecule has 2 nitrogen and oxygen atoms in total. The minimum Gasteiger partial charge on any atom is -0.389 e. The molecule has 0 aliphatic carbocycles. The summed E-state index contributed by atoms with van der Waals surface area (Å²) in [6.07, 6.45) is -0.606. The maximum absolute atomic E-state index is 9.07. The van der Waals surface area contributed by atoms with Crippen molar-refractivity contribution in [1.82, 2.24) is 0 Å². The van der Waals surface area contributed by atoms with Gasteiger partial charge in [0.2, 0.25) is 0 Å². The zero-order valence-corrected chi connectivity index (χ0v) is 9.07. The van der Waals surface area contributed by atoms with Crippen LogP contribution >= 0.6 is 11.6 Å². The summed E-state index contributed by atoms with van der Waals surface area (Å²) in [5.74, 6) is 5.99. The summed E-state index contributed by atoms with van der Waals surface area (Å²) in [7, 11) is 0. The lowest BCUT2D eigenvalue weighted by Crippen LogP contribution is -2.16. The summed E-state index contributed by atoms with van der Waals surface area (Å²) in [5.41, 5.74) is 0.957. The monoisotopic (exact) mass is 224 g/mol. The van der Waals surface area contributed by atoms with E-state index in [1.165, 1.54) is 0 Å². The van der Waals surface area contributed by atoms with Gasteiger partial charge in [-0.3, -0.25) is 0 Å². The third kappa shape index (κ3) is 5.44. The SMILES string of the molecule is O[C@@H](CCl)COCC#Cc1ccccc1. The molecule has 0 aromatic heterocycles. The molecule has 0 amide bonds. The fraction of sp³-hybridized carbons (Fsp3) is 0.333. The van der Waals surface area contributed by atoms with Gasteiger partial charge in [-0.15, -0.1) is 11.6 Å². The first-order valence-electron chi connectivity index (χ1n) is 4.68. The van der Waals surface area contributed by atoms with Gasteiger partial charge in [-0.2, -0.15) is 0 Å². The van der Waals surface area contributed by atoms with Gasteiger partial charge in [-0.25, -0.2) is 0 Å². The number of hydrogen-bond acceptors (Lipinski definition) is 2. The number of aliphatic hydroxyl groups excluding tert-OH is 1. The lowest BCUT2D eigenvalue weighted by molar-refractivity contribution is 0.0640. The topological polar surface area (TPSA) is 29.5 Å². The molecular formula is C12H13ClO2. The first-order chi connectivity index (χ1) is 7.33. The highest BCUT2D eigenvalue weighted by Crippen LogP contribution is 1.94. The van der Waals surface area contributed by atoms with Crippen LogP contribution < -0.4 is 0 Å². The van der Waals surface area contributed by atoms with Gasteiger partial charge < -0.3 is 9.84 Å². The number of hydrogen-bond donors (Lipinski definition) is 1. The largest absolute Gasteiger partial charge is 0.389 e. The molecule has 0 saturated carbocycles. The third-order valence-corrected chi connectivity index (χ3v) is 2.03. The number of ether oxygens (including phenoxy) is 1. The Hall–Kier alpha value is -1.01. The van der Waals surface area contributed by atoms with Crippen molar-refractivity contribution in [2.75, 3.05) is 19.1 Å². The lowest BCUT2D eigenvalue weighted by Gasteiger charge is -2.04. The Balaban J connectivity index is 2.23. The van der Waals surface area contributed by atoms with Crippen molar-refractivity contribution in [3.05, 3.63) is 35.9 Å². The maximum atomic E-state index is 9.07. The van der Waals surface area contributed by atoms with Gasteiger partial charge >= 0.3 is 0 Å². The molecule has 1 N–H and O–H groups in total. The van der Waals surface area contributed by atoms with Crippen molar-refractivity contribution in [1.29, 1.82) is 0 Å². The molecular weight excluding hydrogens is 212 g/mol. The highest BCUT2D eigenvalue weighted by atomic mass is 35.5. The molecule has 80 valence electrons. The van der Waals surface area contributed by atoms with Gasteiger partial charge in [0, 0.05) is 5.56 Å². The smallest absolute Gasteiger partial charge is 0.108 e. The van der Waals surface area contributed by atoms with E-state index in [0.29, 0.717) is 6.61 Å². The Kier molecular flexibility index (Phi) is 5.87. The maximum Gasteiger partial charge on any atom is 0.108 e.